The summed E-state index contributed by atoms with van der Waals surface area (Å²) < 4.78 is 10.5. The average molecular weight is 275 g/mol. The van der Waals surface area contributed by atoms with Crippen LogP contribution in [0.5, 0.6) is 11.5 Å². The zero-order chi connectivity index (χ0) is 13.1. The van der Waals surface area contributed by atoms with E-state index in [1.807, 2.05) is 17.5 Å². The molecule has 1 amide bonds. The topological polar surface area (TPSA) is 47.6 Å². The Bertz CT molecular complexity index is 580. The maximum Gasteiger partial charge on any atom is 0.231 e. The van der Waals surface area contributed by atoms with Crippen molar-refractivity contribution in [2.45, 2.75) is 12.8 Å². The molecule has 0 atom stereocenters. The van der Waals surface area contributed by atoms with Crippen LogP contribution >= 0.6 is 11.3 Å². The summed E-state index contributed by atoms with van der Waals surface area (Å²) in [4.78, 5) is 11.8. The van der Waals surface area contributed by atoms with Crippen molar-refractivity contribution < 1.29 is 14.3 Å². The first kappa shape index (κ1) is 12.0. The molecule has 19 heavy (non-hydrogen) atoms. The lowest BCUT2D eigenvalue weighted by Gasteiger charge is -2.05. The number of ether oxygens (including phenoxy) is 2. The van der Waals surface area contributed by atoms with Crippen molar-refractivity contribution in [1.82, 2.24) is 0 Å². The Morgan fingerprint density at radius 1 is 1.26 bits per heavy atom. The summed E-state index contributed by atoms with van der Waals surface area (Å²) in [7, 11) is 0. The fourth-order valence-electron chi connectivity index (χ4n) is 1.89. The Hall–Kier alpha value is -2.01. The number of fused-ring (bicyclic) bond motifs is 1. The summed E-state index contributed by atoms with van der Waals surface area (Å²) >= 11 is 1.65. The van der Waals surface area contributed by atoms with Gasteiger partial charge in [0.2, 0.25) is 12.7 Å². The molecule has 0 saturated carbocycles. The summed E-state index contributed by atoms with van der Waals surface area (Å²) in [6, 6.07) is 7.44. The molecule has 0 fully saturated rings. The summed E-state index contributed by atoms with van der Waals surface area (Å²) in [5.41, 5.74) is 1.94. The first-order chi connectivity index (χ1) is 9.31. The van der Waals surface area contributed by atoms with Crippen LogP contribution in [0.2, 0.25) is 0 Å². The highest BCUT2D eigenvalue weighted by Gasteiger charge is 2.14. The normalized spacial score (nSPS) is 12.4. The minimum atomic E-state index is 0.00469. The summed E-state index contributed by atoms with van der Waals surface area (Å²) in [5.74, 6) is 1.40. The molecular weight excluding hydrogens is 262 g/mol. The van der Waals surface area contributed by atoms with Gasteiger partial charge >= 0.3 is 0 Å². The monoisotopic (exact) mass is 275 g/mol. The molecule has 0 unspecified atom stereocenters. The van der Waals surface area contributed by atoms with E-state index in [0.717, 1.165) is 17.9 Å². The van der Waals surface area contributed by atoms with Crippen molar-refractivity contribution >= 4 is 22.9 Å². The number of benzene rings is 1. The Morgan fingerprint density at radius 2 is 2.16 bits per heavy atom. The first-order valence-corrected chi connectivity index (χ1v) is 6.96. The molecule has 2 heterocycles. The van der Waals surface area contributed by atoms with E-state index >= 15 is 0 Å². The Morgan fingerprint density at radius 3 is 3.00 bits per heavy atom. The molecule has 98 valence electrons. The van der Waals surface area contributed by atoms with Crippen LogP contribution in [-0.4, -0.2) is 12.7 Å². The number of hydrogen-bond acceptors (Lipinski definition) is 4. The summed E-state index contributed by atoms with van der Waals surface area (Å²) in [6.07, 6.45) is 1.24. The van der Waals surface area contributed by atoms with E-state index in [2.05, 4.69) is 10.7 Å². The molecular formula is C14H13NO3S. The van der Waals surface area contributed by atoms with Gasteiger partial charge in [0.1, 0.15) is 0 Å². The van der Waals surface area contributed by atoms with Crippen molar-refractivity contribution in [1.29, 1.82) is 0 Å². The minimum Gasteiger partial charge on any atom is -0.454 e. The first-order valence-electron chi connectivity index (χ1n) is 6.02. The van der Waals surface area contributed by atoms with Crippen LogP contribution in [-0.2, 0) is 11.2 Å². The SMILES string of the molecule is O=C(CCc1ccsc1)Nc1ccc2c(c1)OCO2. The molecule has 1 aliphatic heterocycles. The standard InChI is InChI=1S/C14H13NO3S/c16-14(4-1-10-5-6-19-8-10)15-11-2-3-12-13(7-11)18-9-17-12/h2-3,5-8H,1,4,9H2,(H,15,16). The second kappa shape index (κ2) is 5.32. The number of amides is 1. The van der Waals surface area contributed by atoms with Gasteiger partial charge in [-0.3, -0.25) is 4.79 Å². The van der Waals surface area contributed by atoms with Crippen LogP contribution in [0.4, 0.5) is 5.69 Å². The van der Waals surface area contributed by atoms with Gasteiger partial charge in [0.15, 0.2) is 11.5 Å². The molecule has 1 N–H and O–H groups in total. The van der Waals surface area contributed by atoms with Gasteiger partial charge in [0, 0.05) is 18.2 Å². The quantitative estimate of drug-likeness (QED) is 0.933. The third kappa shape index (κ3) is 2.88. The van der Waals surface area contributed by atoms with Gasteiger partial charge in [-0.15, -0.1) is 0 Å². The molecule has 2 aromatic rings. The molecule has 0 spiro atoms. The molecule has 0 bridgehead atoms. The maximum absolute atomic E-state index is 11.8. The highest BCUT2D eigenvalue weighted by atomic mass is 32.1. The fourth-order valence-corrected chi connectivity index (χ4v) is 2.59. The number of thiophene rings is 1. The molecule has 0 aliphatic carbocycles. The van der Waals surface area contributed by atoms with Gasteiger partial charge in [-0.25, -0.2) is 0 Å². The van der Waals surface area contributed by atoms with Crippen molar-refractivity contribution in [3.8, 4) is 11.5 Å². The highest BCUT2D eigenvalue weighted by Crippen LogP contribution is 2.34. The minimum absolute atomic E-state index is 0.00469. The van der Waals surface area contributed by atoms with Crippen LogP contribution in [0.15, 0.2) is 35.0 Å². The van der Waals surface area contributed by atoms with Gasteiger partial charge in [0.05, 0.1) is 0 Å². The highest BCUT2D eigenvalue weighted by molar-refractivity contribution is 7.07. The van der Waals surface area contributed by atoms with E-state index in [4.69, 9.17) is 9.47 Å². The van der Waals surface area contributed by atoms with Gasteiger partial charge in [-0.1, -0.05) is 0 Å². The van der Waals surface area contributed by atoms with Crippen molar-refractivity contribution in [2.24, 2.45) is 0 Å². The van der Waals surface area contributed by atoms with Gasteiger partial charge < -0.3 is 14.8 Å². The fraction of sp³-hybridized carbons (Fsp3) is 0.214. The largest absolute Gasteiger partial charge is 0.454 e. The number of anilines is 1. The van der Waals surface area contributed by atoms with Crippen LogP contribution in [0.1, 0.15) is 12.0 Å². The number of hydrogen-bond donors (Lipinski definition) is 1. The van der Waals surface area contributed by atoms with Crippen LogP contribution in [0.3, 0.4) is 0 Å². The number of rotatable bonds is 4. The number of carbonyl (C=O) groups is 1. The lowest BCUT2D eigenvalue weighted by molar-refractivity contribution is -0.116. The average Bonchev–Trinajstić information content (AvgIpc) is 3.07. The third-order valence-electron chi connectivity index (χ3n) is 2.88. The van der Waals surface area contributed by atoms with Gasteiger partial charge in [-0.2, -0.15) is 11.3 Å². The predicted molar refractivity (Wildman–Crippen MR) is 73.8 cm³/mol. The number of nitrogens with one attached hydrogen (secondary N) is 1. The predicted octanol–water partition coefficient (Wildman–Crippen LogP) is 3.05. The Balaban J connectivity index is 1.57. The van der Waals surface area contributed by atoms with Crippen LogP contribution in [0.25, 0.3) is 0 Å². The molecule has 0 saturated heterocycles. The van der Waals surface area contributed by atoms with E-state index in [1.165, 1.54) is 5.56 Å². The van der Waals surface area contributed by atoms with Crippen molar-refractivity contribution in [2.75, 3.05) is 12.1 Å². The van der Waals surface area contributed by atoms with Crippen LogP contribution in [0, 0.1) is 0 Å². The van der Waals surface area contributed by atoms with E-state index in [9.17, 15) is 4.79 Å². The third-order valence-corrected chi connectivity index (χ3v) is 3.61. The van der Waals surface area contributed by atoms with E-state index in [0.29, 0.717) is 12.2 Å². The molecule has 5 heteroatoms. The zero-order valence-corrected chi connectivity index (χ0v) is 11.0. The zero-order valence-electron chi connectivity index (χ0n) is 10.2. The van der Waals surface area contributed by atoms with E-state index < -0.39 is 0 Å². The lowest BCUT2D eigenvalue weighted by Crippen LogP contribution is -2.12. The van der Waals surface area contributed by atoms with Gasteiger partial charge in [0.25, 0.3) is 0 Å². The maximum atomic E-state index is 11.8. The summed E-state index contributed by atoms with van der Waals surface area (Å²) in [5, 5.41) is 6.95. The Labute approximate surface area is 115 Å². The molecule has 0 radical (unpaired) electrons. The van der Waals surface area contributed by atoms with Crippen molar-refractivity contribution in [3.05, 3.63) is 40.6 Å². The number of aryl methyl sites for hydroxylation is 1. The number of carbonyl (C=O) groups excluding carboxylic acids is 1. The molecule has 1 aromatic carbocycles. The second-order valence-electron chi connectivity index (χ2n) is 4.25. The Kier molecular flexibility index (Phi) is 3.37. The van der Waals surface area contributed by atoms with Crippen LogP contribution < -0.4 is 14.8 Å². The smallest absolute Gasteiger partial charge is 0.231 e. The van der Waals surface area contributed by atoms with Gasteiger partial charge in [-0.05, 0) is 40.9 Å². The van der Waals surface area contributed by atoms with Crippen molar-refractivity contribution in [3.63, 3.8) is 0 Å². The molecule has 4 nitrogen and oxygen atoms in total. The molecule has 1 aliphatic rings. The second-order valence-corrected chi connectivity index (χ2v) is 5.03. The molecule has 1 aromatic heterocycles. The molecule has 3 rings (SSSR count). The van der Waals surface area contributed by atoms with E-state index in [-0.39, 0.29) is 12.7 Å². The van der Waals surface area contributed by atoms with E-state index in [1.54, 1.807) is 23.5 Å². The lowest BCUT2D eigenvalue weighted by atomic mass is 10.2. The summed E-state index contributed by atoms with van der Waals surface area (Å²) in [6.45, 7) is 0.241.